The van der Waals surface area contributed by atoms with E-state index in [4.69, 9.17) is 5.26 Å². The number of piperidine rings is 1. The Hall–Kier alpha value is -2.62. The van der Waals surface area contributed by atoms with Crippen molar-refractivity contribution in [2.45, 2.75) is 18.9 Å². The van der Waals surface area contributed by atoms with Gasteiger partial charge in [-0.3, -0.25) is 14.9 Å². The Morgan fingerprint density at radius 1 is 1.55 bits per heavy atom. The number of nitrogens with zero attached hydrogens (tertiary/aromatic N) is 3. The second-order valence-corrected chi connectivity index (χ2v) is 4.75. The molecule has 2 rings (SSSR count). The average Bonchev–Trinajstić information content (AvgIpc) is 2.43. The number of nitrogens with one attached hydrogen (secondary N) is 1. The Labute approximate surface area is 115 Å². The Morgan fingerprint density at radius 2 is 2.30 bits per heavy atom. The Kier molecular flexibility index (Phi) is 3.84. The Bertz CT molecular complexity index is 594. The van der Waals surface area contributed by atoms with Gasteiger partial charge in [0.25, 0.3) is 5.69 Å². The summed E-state index contributed by atoms with van der Waals surface area (Å²) in [7, 11) is 1.74. The van der Waals surface area contributed by atoms with Gasteiger partial charge in [0.2, 0.25) is 5.91 Å². The topological polar surface area (TPSA) is 99.3 Å². The number of anilines is 1. The van der Waals surface area contributed by atoms with Gasteiger partial charge in [0.05, 0.1) is 16.6 Å². The van der Waals surface area contributed by atoms with E-state index in [1.807, 2.05) is 6.07 Å². The number of amides is 1. The summed E-state index contributed by atoms with van der Waals surface area (Å²) >= 11 is 0. The van der Waals surface area contributed by atoms with Crippen molar-refractivity contribution in [3.8, 4) is 6.07 Å². The number of benzene rings is 1. The van der Waals surface area contributed by atoms with Gasteiger partial charge in [0, 0.05) is 32.1 Å². The predicted molar refractivity (Wildman–Crippen MR) is 72.1 cm³/mol. The molecule has 0 radical (unpaired) electrons. The first-order chi connectivity index (χ1) is 9.51. The van der Waals surface area contributed by atoms with Crippen LogP contribution in [0.15, 0.2) is 18.2 Å². The molecule has 7 nitrogen and oxygen atoms in total. The molecule has 1 N–H and O–H groups in total. The fourth-order valence-corrected chi connectivity index (χ4v) is 2.16. The molecule has 0 aliphatic carbocycles. The predicted octanol–water partition coefficient (Wildman–Crippen LogP) is 1.50. The maximum absolute atomic E-state index is 11.6. The summed E-state index contributed by atoms with van der Waals surface area (Å²) in [5, 5.41) is 22.8. The molecule has 7 heteroatoms. The first-order valence-corrected chi connectivity index (χ1v) is 6.20. The van der Waals surface area contributed by atoms with Crippen LogP contribution in [0.2, 0.25) is 0 Å². The molecule has 1 atom stereocenters. The molecule has 0 bridgehead atoms. The van der Waals surface area contributed by atoms with E-state index in [1.165, 1.54) is 18.2 Å². The minimum absolute atomic E-state index is 0.0186. The highest BCUT2D eigenvalue weighted by atomic mass is 16.6. The van der Waals surface area contributed by atoms with Crippen molar-refractivity contribution in [2.75, 3.05) is 18.9 Å². The molecule has 1 unspecified atom stereocenters. The van der Waals surface area contributed by atoms with Crippen molar-refractivity contribution in [3.05, 3.63) is 33.9 Å². The van der Waals surface area contributed by atoms with Gasteiger partial charge in [0.15, 0.2) is 0 Å². The van der Waals surface area contributed by atoms with Crippen LogP contribution in [0.25, 0.3) is 0 Å². The molecule has 1 heterocycles. The normalized spacial score (nSPS) is 18.5. The zero-order valence-corrected chi connectivity index (χ0v) is 11.0. The molecule has 1 aliphatic rings. The highest BCUT2D eigenvalue weighted by Gasteiger charge is 2.25. The monoisotopic (exact) mass is 274 g/mol. The Balaban J connectivity index is 2.19. The molecule has 1 aliphatic heterocycles. The van der Waals surface area contributed by atoms with Crippen LogP contribution in [0.1, 0.15) is 18.4 Å². The fourth-order valence-electron chi connectivity index (χ4n) is 2.16. The fraction of sp³-hybridized carbons (Fsp3) is 0.385. The molecule has 0 aromatic heterocycles. The van der Waals surface area contributed by atoms with Crippen molar-refractivity contribution in [2.24, 2.45) is 0 Å². The molecule has 0 spiro atoms. The van der Waals surface area contributed by atoms with Crippen LogP contribution in [-0.4, -0.2) is 35.4 Å². The van der Waals surface area contributed by atoms with Crippen LogP contribution in [0.4, 0.5) is 11.4 Å². The van der Waals surface area contributed by atoms with E-state index >= 15 is 0 Å². The molecule has 1 aromatic rings. The molecule has 104 valence electrons. The van der Waals surface area contributed by atoms with Gasteiger partial charge in [-0.15, -0.1) is 0 Å². The highest BCUT2D eigenvalue weighted by Crippen LogP contribution is 2.27. The van der Waals surface area contributed by atoms with E-state index in [0.717, 1.165) is 6.42 Å². The van der Waals surface area contributed by atoms with Gasteiger partial charge in [-0.25, -0.2) is 0 Å². The number of nitro groups is 1. The quantitative estimate of drug-likeness (QED) is 0.665. The van der Waals surface area contributed by atoms with Crippen molar-refractivity contribution in [1.82, 2.24) is 4.90 Å². The summed E-state index contributed by atoms with van der Waals surface area (Å²) in [6.45, 7) is 0.626. The van der Waals surface area contributed by atoms with Crippen LogP contribution in [0.3, 0.4) is 0 Å². The Morgan fingerprint density at radius 3 is 2.90 bits per heavy atom. The highest BCUT2D eigenvalue weighted by molar-refractivity contribution is 5.78. The number of nitro benzene ring substituents is 1. The molecular formula is C13H14N4O3. The van der Waals surface area contributed by atoms with Gasteiger partial charge in [-0.05, 0) is 18.6 Å². The first kappa shape index (κ1) is 13.8. The van der Waals surface area contributed by atoms with Gasteiger partial charge < -0.3 is 10.2 Å². The van der Waals surface area contributed by atoms with Gasteiger partial charge >= 0.3 is 0 Å². The zero-order chi connectivity index (χ0) is 14.7. The molecule has 20 heavy (non-hydrogen) atoms. The number of carbonyl (C=O) groups is 1. The first-order valence-electron chi connectivity index (χ1n) is 6.20. The molecule has 1 saturated heterocycles. The lowest BCUT2D eigenvalue weighted by Crippen LogP contribution is -2.41. The summed E-state index contributed by atoms with van der Waals surface area (Å²) in [4.78, 5) is 23.8. The van der Waals surface area contributed by atoms with Crippen LogP contribution in [0, 0.1) is 21.4 Å². The molecule has 1 amide bonds. The average molecular weight is 274 g/mol. The van der Waals surface area contributed by atoms with E-state index in [2.05, 4.69) is 5.32 Å². The van der Waals surface area contributed by atoms with Crippen LogP contribution in [0.5, 0.6) is 0 Å². The summed E-state index contributed by atoms with van der Waals surface area (Å²) < 4.78 is 0. The standard InChI is InChI=1S/C13H14N4O3/c1-16-5-4-10(7-13(16)18)15-11-3-2-9(8-14)6-12(11)17(19)20/h2-3,6,10,15H,4-5,7H2,1H3. The minimum Gasteiger partial charge on any atom is -0.376 e. The summed E-state index contributed by atoms with van der Waals surface area (Å²) in [5.41, 5.74) is 0.438. The van der Waals surface area contributed by atoms with Crippen LogP contribution in [-0.2, 0) is 4.79 Å². The minimum atomic E-state index is -0.528. The summed E-state index contributed by atoms with van der Waals surface area (Å²) in [5.74, 6) is 0.0186. The third-order valence-corrected chi connectivity index (χ3v) is 3.34. The zero-order valence-electron chi connectivity index (χ0n) is 11.0. The van der Waals surface area contributed by atoms with Crippen molar-refractivity contribution >= 4 is 17.3 Å². The number of rotatable bonds is 3. The van der Waals surface area contributed by atoms with E-state index < -0.39 is 4.92 Å². The van der Waals surface area contributed by atoms with Crippen molar-refractivity contribution < 1.29 is 9.72 Å². The summed E-state index contributed by atoms with van der Waals surface area (Å²) in [6, 6.07) is 6.02. The van der Waals surface area contributed by atoms with Crippen molar-refractivity contribution in [1.29, 1.82) is 5.26 Å². The molecule has 1 fully saturated rings. The van der Waals surface area contributed by atoms with E-state index in [1.54, 1.807) is 11.9 Å². The van der Waals surface area contributed by atoms with E-state index in [9.17, 15) is 14.9 Å². The number of hydrogen-bond donors (Lipinski definition) is 1. The van der Waals surface area contributed by atoms with Gasteiger partial charge in [0.1, 0.15) is 5.69 Å². The number of carbonyl (C=O) groups excluding carboxylic acids is 1. The van der Waals surface area contributed by atoms with Crippen molar-refractivity contribution in [3.63, 3.8) is 0 Å². The number of nitriles is 1. The maximum atomic E-state index is 11.6. The lowest BCUT2D eigenvalue weighted by Gasteiger charge is -2.29. The number of likely N-dealkylation sites (tertiary alicyclic amines) is 1. The van der Waals surface area contributed by atoms with Gasteiger partial charge in [-0.1, -0.05) is 0 Å². The molecule has 0 saturated carbocycles. The second-order valence-electron chi connectivity index (χ2n) is 4.75. The SMILES string of the molecule is CN1CCC(Nc2ccc(C#N)cc2[N+](=O)[O-])CC1=O. The third kappa shape index (κ3) is 2.85. The van der Waals surface area contributed by atoms with Gasteiger partial charge in [-0.2, -0.15) is 5.26 Å². The summed E-state index contributed by atoms with van der Waals surface area (Å²) in [6.07, 6.45) is 1.05. The largest absolute Gasteiger partial charge is 0.376 e. The lowest BCUT2D eigenvalue weighted by atomic mass is 10.0. The van der Waals surface area contributed by atoms with E-state index in [-0.39, 0.29) is 23.2 Å². The van der Waals surface area contributed by atoms with Crippen LogP contribution >= 0.6 is 0 Å². The smallest absolute Gasteiger partial charge is 0.293 e. The second kappa shape index (κ2) is 5.57. The van der Waals surface area contributed by atoms with Crippen LogP contribution < -0.4 is 5.32 Å². The maximum Gasteiger partial charge on any atom is 0.293 e. The third-order valence-electron chi connectivity index (χ3n) is 3.34. The lowest BCUT2D eigenvalue weighted by molar-refractivity contribution is -0.384. The van der Waals surface area contributed by atoms with E-state index in [0.29, 0.717) is 18.7 Å². The molecule has 1 aromatic carbocycles. The molecular weight excluding hydrogens is 260 g/mol. The number of hydrogen-bond acceptors (Lipinski definition) is 5.